The fraction of sp³-hybridized carbons (Fsp3) is 0.615. The molecule has 0 spiro atoms. The van der Waals surface area contributed by atoms with Crippen LogP contribution in [-0.4, -0.2) is 44.3 Å². The Bertz CT molecular complexity index is 423. The summed E-state index contributed by atoms with van der Waals surface area (Å²) in [6, 6.07) is 0. The minimum atomic E-state index is -0.0914. The van der Waals surface area contributed by atoms with Crippen LogP contribution < -0.4 is 5.32 Å². The monoisotopic (exact) mass is 300 g/mol. The van der Waals surface area contributed by atoms with Gasteiger partial charge in [-0.15, -0.1) is 0 Å². The summed E-state index contributed by atoms with van der Waals surface area (Å²) in [5.74, 6) is 3.86. The quantitative estimate of drug-likeness (QED) is 0.766. The average Bonchev–Trinajstić information content (AvgIpc) is 2.45. The summed E-state index contributed by atoms with van der Waals surface area (Å²) >= 11 is 4.01. The summed E-state index contributed by atoms with van der Waals surface area (Å²) in [6.07, 6.45) is 1.64. The number of pyridine rings is 1. The topological polar surface area (TPSA) is 65.4 Å². The van der Waals surface area contributed by atoms with E-state index in [4.69, 9.17) is 0 Å². The van der Waals surface area contributed by atoms with E-state index in [0.29, 0.717) is 23.1 Å². The first-order valence-electron chi connectivity index (χ1n) is 6.39. The maximum atomic E-state index is 10.0. The fourth-order valence-electron chi connectivity index (χ4n) is 2.03. The Hall–Kier alpha value is -0.430. The van der Waals surface area contributed by atoms with Crippen molar-refractivity contribution in [2.24, 2.45) is 0 Å². The molecule has 2 heterocycles. The molecule has 1 saturated heterocycles. The Labute approximate surface area is 122 Å². The first-order chi connectivity index (χ1) is 9.22. The zero-order valence-electron chi connectivity index (χ0n) is 11.1. The van der Waals surface area contributed by atoms with Crippen molar-refractivity contribution < 1.29 is 10.2 Å². The molecule has 0 saturated carbocycles. The molecule has 0 aromatic carbocycles. The molecule has 6 heteroatoms. The minimum absolute atomic E-state index is 0.0914. The number of hydrogen-bond acceptors (Lipinski definition) is 6. The third-order valence-corrected chi connectivity index (χ3v) is 6.00. The molecule has 1 aromatic rings. The lowest BCUT2D eigenvalue weighted by atomic mass is 10.1. The summed E-state index contributed by atoms with van der Waals surface area (Å²) in [7, 11) is 0. The first-order valence-corrected chi connectivity index (χ1v) is 8.60. The molecule has 0 radical (unpaired) electrons. The number of nitrogens with one attached hydrogen (secondary N) is 1. The van der Waals surface area contributed by atoms with Gasteiger partial charge >= 0.3 is 0 Å². The first kappa shape index (κ1) is 15.0. The van der Waals surface area contributed by atoms with E-state index in [1.54, 1.807) is 13.1 Å². The SMILES string of the molecule is Cc1ncc(CO)c(CNCC2CSCCS2)c1O. The summed E-state index contributed by atoms with van der Waals surface area (Å²) in [4.78, 5) is 4.06. The molecule has 0 aliphatic carbocycles. The molecule has 1 aromatic heterocycles. The van der Waals surface area contributed by atoms with E-state index in [2.05, 4.69) is 10.3 Å². The molecule has 1 unspecified atom stereocenters. The smallest absolute Gasteiger partial charge is 0.141 e. The third-order valence-electron chi connectivity index (χ3n) is 3.16. The minimum Gasteiger partial charge on any atom is -0.506 e. The van der Waals surface area contributed by atoms with Gasteiger partial charge in [0.2, 0.25) is 0 Å². The largest absolute Gasteiger partial charge is 0.506 e. The van der Waals surface area contributed by atoms with Crippen molar-refractivity contribution in [2.45, 2.75) is 25.3 Å². The van der Waals surface area contributed by atoms with Crippen LogP contribution in [0.2, 0.25) is 0 Å². The van der Waals surface area contributed by atoms with Gasteiger partial charge in [-0.25, -0.2) is 0 Å². The van der Waals surface area contributed by atoms with Crippen LogP contribution in [-0.2, 0) is 13.2 Å². The summed E-state index contributed by atoms with van der Waals surface area (Å²) in [6.45, 7) is 3.19. The van der Waals surface area contributed by atoms with Crippen LogP contribution in [0.15, 0.2) is 6.20 Å². The number of aliphatic hydroxyl groups excluding tert-OH is 1. The van der Waals surface area contributed by atoms with Crippen LogP contribution in [0.25, 0.3) is 0 Å². The van der Waals surface area contributed by atoms with Crippen LogP contribution in [0.4, 0.5) is 0 Å². The van der Waals surface area contributed by atoms with Crippen LogP contribution in [0.3, 0.4) is 0 Å². The lowest BCUT2D eigenvalue weighted by molar-refractivity contribution is 0.278. The molecule has 3 N–H and O–H groups in total. The van der Waals surface area contributed by atoms with E-state index >= 15 is 0 Å². The van der Waals surface area contributed by atoms with E-state index < -0.39 is 0 Å². The highest BCUT2D eigenvalue weighted by molar-refractivity contribution is 8.06. The second kappa shape index (κ2) is 7.38. The molecular formula is C13H20N2O2S2. The molecule has 1 atom stereocenters. The second-order valence-electron chi connectivity index (χ2n) is 4.55. The molecule has 0 bridgehead atoms. The van der Waals surface area contributed by atoms with Crippen LogP contribution in [0, 0.1) is 6.92 Å². The molecule has 19 heavy (non-hydrogen) atoms. The summed E-state index contributed by atoms with van der Waals surface area (Å²) in [5.41, 5.74) is 2.07. The van der Waals surface area contributed by atoms with E-state index in [1.807, 2.05) is 23.5 Å². The molecule has 1 aliphatic rings. The Kier molecular flexibility index (Phi) is 5.81. The highest BCUT2D eigenvalue weighted by atomic mass is 32.2. The van der Waals surface area contributed by atoms with Gasteiger partial charge in [-0.05, 0) is 6.92 Å². The van der Waals surface area contributed by atoms with Crippen molar-refractivity contribution in [1.29, 1.82) is 0 Å². The zero-order valence-corrected chi connectivity index (χ0v) is 12.7. The lowest BCUT2D eigenvalue weighted by Gasteiger charge is -2.21. The standard InChI is InChI=1S/C13H20N2O2S2/c1-9-13(17)12(10(7-16)4-15-9)6-14-5-11-8-18-2-3-19-11/h4,11,14,16-17H,2-3,5-8H2,1H3. The van der Waals surface area contributed by atoms with E-state index in [1.165, 1.54) is 17.3 Å². The van der Waals surface area contributed by atoms with Gasteiger partial charge in [-0.1, -0.05) is 0 Å². The van der Waals surface area contributed by atoms with Crippen molar-refractivity contribution in [1.82, 2.24) is 10.3 Å². The number of thioether (sulfide) groups is 2. The normalized spacial score (nSPS) is 19.6. The molecular weight excluding hydrogens is 280 g/mol. The van der Waals surface area contributed by atoms with Crippen molar-refractivity contribution in [2.75, 3.05) is 23.8 Å². The lowest BCUT2D eigenvalue weighted by Crippen LogP contribution is -2.29. The van der Waals surface area contributed by atoms with Crippen molar-refractivity contribution >= 4 is 23.5 Å². The fourth-order valence-corrected chi connectivity index (χ4v) is 4.68. The van der Waals surface area contributed by atoms with Crippen molar-refractivity contribution in [3.8, 4) is 5.75 Å². The van der Waals surface area contributed by atoms with Crippen LogP contribution in [0.5, 0.6) is 5.75 Å². The summed E-state index contributed by atoms with van der Waals surface area (Å²) in [5, 5.41) is 23.3. The van der Waals surface area contributed by atoms with Gasteiger partial charge in [0.25, 0.3) is 0 Å². The average molecular weight is 300 g/mol. The number of aromatic hydroxyl groups is 1. The highest BCUT2D eigenvalue weighted by Crippen LogP contribution is 2.25. The maximum Gasteiger partial charge on any atom is 0.141 e. The molecule has 0 amide bonds. The van der Waals surface area contributed by atoms with E-state index in [-0.39, 0.29) is 12.4 Å². The van der Waals surface area contributed by atoms with Gasteiger partial charge in [-0.2, -0.15) is 23.5 Å². The number of rotatable bonds is 5. The second-order valence-corrected chi connectivity index (χ2v) is 7.11. The Morgan fingerprint density at radius 3 is 3.00 bits per heavy atom. The van der Waals surface area contributed by atoms with Crippen molar-refractivity contribution in [3.63, 3.8) is 0 Å². The zero-order chi connectivity index (χ0) is 13.7. The highest BCUT2D eigenvalue weighted by Gasteiger charge is 2.15. The number of aryl methyl sites for hydroxylation is 1. The number of nitrogens with zero attached hydrogens (tertiary/aromatic N) is 1. The molecule has 4 nitrogen and oxygen atoms in total. The van der Waals surface area contributed by atoms with Crippen molar-refractivity contribution in [3.05, 3.63) is 23.0 Å². The summed E-state index contributed by atoms with van der Waals surface area (Å²) < 4.78 is 0. The molecule has 106 valence electrons. The van der Waals surface area contributed by atoms with Crippen LogP contribution >= 0.6 is 23.5 Å². The molecule has 1 aliphatic heterocycles. The van der Waals surface area contributed by atoms with Gasteiger partial charge in [0.1, 0.15) is 5.75 Å². The van der Waals surface area contributed by atoms with Gasteiger partial charge < -0.3 is 15.5 Å². The third kappa shape index (κ3) is 4.02. The van der Waals surface area contributed by atoms with Crippen LogP contribution in [0.1, 0.15) is 16.8 Å². The number of aliphatic hydroxyl groups is 1. The van der Waals surface area contributed by atoms with Gasteiger partial charge in [0.15, 0.2) is 0 Å². The molecule has 2 rings (SSSR count). The Morgan fingerprint density at radius 1 is 1.47 bits per heavy atom. The number of aromatic nitrogens is 1. The van der Waals surface area contributed by atoms with Gasteiger partial charge in [0, 0.05) is 52.9 Å². The predicted octanol–water partition coefficient (Wildman–Crippen LogP) is 1.53. The van der Waals surface area contributed by atoms with E-state index in [0.717, 1.165) is 12.1 Å². The van der Waals surface area contributed by atoms with Gasteiger partial charge in [-0.3, -0.25) is 4.98 Å². The predicted molar refractivity (Wildman–Crippen MR) is 81.8 cm³/mol. The number of hydrogen-bond donors (Lipinski definition) is 3. The maximum absolute atomic E-state index is 10.0. The van der Waals surface area contributed by atoms with E-state index in [9.17, 15) is 10.2 Å². The van der Waals surface area contributed by atoms with Gasteiger partial charge in [0.05, 0.1) is 12.3 Å². The Balaban J connectivity index is 1.92. The molecule has 1 fully saturated rings. The Morgan fingerprint density at radius 2 is 2.32 bits per heavy atom.